The van der Waals surface area contributed by atoms with Crippen molar-refractivity contribution in [2.75, 3.05) is 26.3 Å². The molecule has 7 heteroatoms. The fraction of sp³-hybridized carbons (Fsp3) is 0.450. The van der Waals surface area contributed by atoms with Crippen molar-refractivity contribution >= 4 is 29.7 Å². The van der Waals surface area contributed by atoms with E-state index in [2.05, 4.69) is 13.8 Å². The number of halogens is 1. The highest BCUT2D eigenvalue weighted by Gasteiger charge is 2.35. The lowest BCUT2D eigenvalue weighted by Crippen LogP contribution is -2.53. The lowest BCUT2D eigenvalue weighted by atomic mass is 9.79. The van der Waals surface area contributed by atoms with Gasteiger partial charge in [-0.3, -0.25) is 4.79 Å². The van der Waals surface area contributed by atoms with Crippen LogP contribution in [0.5, 0.6) is 11.5 Å². The van der Waals surface area contributed by atoms with Crippen molar-refractivity contribution in [1.82, 2.24) is 4.90 Å². The SMILES string of the molecule is CC1(C)CN(C(=O)c2ccc(-c3ccc4c(c3)OCCO4)s2)CCC1N.Cl. The molecule has 1 amide bonds. The quantitative estimate of drug-likeness (QED) is 0.820. The summed E-state index contributed by atoms with van der Waals surface area (Å²) in [5, 5.41) is 0. The Kier molecular flexibility index (Phi) is 5.70. The van der Waals surface area contributed by atoms with Gasteiger partial charge < -0.3 is 20.1 Å². The number of rotatable bonds is 2. The number of amides is 1. The maximum atomic E-state index is 12.9. The maximum Gasteiger partial charge on any atom is 0.263 e. The predicted molar refractivity (Wildman–Crippen MR) is 110 cm³/mol. The van der Waals surface area contributed by atoms with Gasteiger partial charge in [-0.2, -0.15) is 0 Å². The summed E-state index contributed by atoms with van der Waals surface area (Å²) in [4.78, 5) is 16.7. The number of hydrogen-bond donors (Lipinski definition) is 1. The van der Waals surface area contributed by atoms with Crippen molar-refractivity contribution in [2.24, 2.45) is 11.1 Å². The monoisotopic (exact) mass is 408 g/mol. The Labute approximate surface area is 169 Å². The molecule has 146 valence electrons. The molecule has 1 aromatic carbocycles. The van der Waals surface area contributed by atoms with Crippen molar-refractivity contribution in [3.8, 4) is 21.9 Å². The summed E-state index contributed by atoms with van der Waals surface area (Å²) in [6, 6.07) is 9.99. The second kappa shape index (κ2) is 7.70. The molecule has 1 fully saturated rings. The van der Waals surface area contributed by atoms with Crippen LogP contribution in [0.1, 0.15) is 29.9 Å². The third-order valence-electron chi connectivity index (χ3n) is 5.24. The Morgan fingerprint density at radius 1 is 1.19 bits per heavy atom. The Balaban J connectivity index is 0.00000210. The smallest absolute Gasteiger partial charge is 0.263 e. The number of benzene rings is 1. The van der Waals surface area contributed by atoms with Gasteiger partial charge in [0.1, 0.15) is 13.2 Å². The molecule has 0 bridgehead atoms. The van der Waals surface area contributed by atoms with E-state index in [9.17, 15) is 4.79 Å². The number of carbonyl (C=O) groups excluding carboxylic acids is 1. The van der Waals surface area contributed by atoms with Gasteiger partial charge in [-0.25, -0.2) is 0 Å². The van der Waals surface area contributed by atoms with E-state index in [0.29, 0.717) is 19.8 Å². The largest absolute Gasteiger partial charge is 0.486 e. The van der Waals surface area contributed by atoms with E-state index in [-0.39, 0.29) is 29.8 Å². The third kappa shape index (κ3) is 3.93. The number of thiophene rings is 1. The molecule has 2 aliphatic heterocycles. The normalized spacial score (nSPS) is 20.7. The lowest BCUT2D eigenvalue weighted by molar-refractivity contribution is 0.0537. The van der Waals surface area contributed by atoms with E-state index in [0.717, 1.165) is 39.8 Å². The van der Waals surface area contributed by atoms with Gasteiger partial charge in [0.2, 0.25) is 0 Å². The summed E-state index contributed by atoms with van der Waals surface area (Å²) in [5.41, 5.74) is 7.18. The van der Waals surface area contributed by atoms with Crippen molar-refractivity contribution in [3.63, 3.8) is 0 Å². The Morgan fingerprint density at radius 2 is 1.93 bits per heavy atom. The zero-order valence-electron chi connectivity index (χ0n) is 15.6. The molecule has 3 heterocycles. The molecule has 27 heavy (non-hydrogen) atoms. The molecule has 2 aliphatic rings. The average Bonchev–Trinajstić information content (AvgIpc) is 3.13. The second-order valence-corrected chi connectivity index (χ2v) is 8.72. The molecule has 0 radical (unpaired) electrons. The van der Waals surface area contributed by atoms with Gasteiger partial charge in [0.15, 0.2) is 11.5 Å². The molecular formula is C20H25ClN2O3S. The molecule has 4 rings (SSSR count). The van der Waals surface area contributed by atoms with E-state index in [1.807, 2.05) is 35.2 Å². The van der Waals surface area contributed by atoms with Gasteiger partial charge in [0.05, 0.1) is 4.88 Å². The van der Waals surface area contributed by atoms with Gasteiger partial charge in [-0.05, 0) is 47.7 Å². The minimum Gasteiger partial charge on any atom is -0.486 e. The Hall–Kier alpha value is -1.76. The van der Waals surface area contributed by atoms with Crippen LogP contribution in [0.25, 0.3) is 10.4 Å². The van der Waals surface area contributed by atoms with Gasteiger partial charge in [-0.15, -0.1) is 23.7 Å². The van der Waals surface area contributed by atoms with Crippen LogP contribution < -0.4 is 15.2 Å². The molecular weight excluding hydrogens is 384 g/mol. The molecule has 0 spiro atoms. The lowest BCUT2D eigenvalue weighted by Gasteiger charge is -2.42. The number of nitrogens with zero attached hydrogens (tertiary/aromatic N) is 1. The number of carbonyl (C=O) groups is 1. The first kappa shape index (κ1) is 20.0. The molecule has 2 N–H and O–H groups in total. The highest BCUT2D eigenvalue weighted by molar-refractivity contribution is 7.17. The summed E-state index contributed by atoms with van der Waals surface area (Å²) < 4.78 is 11.2. The van der Waals surface area contributed by atoms with Crippen LogP contribution in [0, 0.1) is 5.41 Å². The summed E-state index contributed by atoms with van der Waals surface area (Å²) in [6.45, 7) is 6.83. The Morgan fingerprint density at radius 3 is 2.67 bits per heavy atom. The first-order valence-electron chi connectivity index (χ1n) is 8.99. The van der Waals surface area contributed by atoms with E-state index in [4.69, 9.17) is 15.2 Å². The zero-order chi connectivity index (χ0) is 18.3. The second-order valence-electron chi connectivity index (χ2n) is 7.63. The number of fused-ring (bicyclic) bond motifs is 1. The molecule has 0 saturated carbocycles. The van der Waals surface area contributed by atoms with Crippen LogP contribution >= 0.6 is 23.7 Å². The van der Waals surface area contributed by atoms with Crippen LogP contribution in [0.2, 0.25) is 0 Å². The van der Waals surface area contributed by atoms with Gasteiger partial charge in [-0.1, -0.05) is 13.8 Å². The van der Waals surface area contributed by atoms with E-state index in [1.165, 1.54) is 11.3 Å². The molecule has 5 nitrogen and oxygen atoms in total. The van der Waals surface area contributed by atoms with E-state index in [1.54, 1.807) is 0 Å². The maximum absolute atomic E-state index is 12.9. The number of hydrogen-bond acceptors (Lipinski definition) is 5. The summed E-state index contributed by atoms with van der Waals surface area (Å²) in [5.74, 6) is 1.64. The molecule has 0 aliphatic carbocycles. The minimum absolute atomic E-state index is 0. The highest BCUT2D eigenvalue weighted by Crippen LogP contribution is 2.37. The van der Waals surface area contributed by atoms with Gasteiger partial charge in [0, 0.05) is 24.0 Å². The first-order valence-corrected chi connectivity index (χ1v) is 9.80. The number of piperidine rings is 1. The van der Waals surface area contributed by atoms with Gasteiger partial charge >= 0.3 is 0 Å². The Bertz CT molecular complexity index is 836. The zero-order valence-corrected chi connectivity index (χ0v) is 17.2. The van der Waals surface area contributed by atoms with Crippen LogP contribution in [0.15, 0.2) is 30.3 Å². The third-order valence-corrected chi connectivity index (χ3v) is 6.37. The van der Waals surface area contributed by atoms with Crippen molar-refractivity contribution < 1.29 is 14.3 Å². The van der Waals surface area contributed by atoms with Crippen LogP contribution in [-0.4, -0.2) is 43.2 Å². The predicted octanol–water partition coefficient (Wildman–Crippen LogP) is 3.81. The van der Waals surface area contributed by atoms with Crippen LogP contribution in [0.3, 0.4) is 0 Å². The molecule has 1 saturated heterocycles. The topological polar surface area (TPSA) is 64.8 Å². The fourth-order valence-electron chi connectivity index (χ4n) is 3.51. The van der Waals surface area contributed by atoms with Crippen molar-refractivity contribution in [3.05, 3.63) is 35.2 Å². The van der Waals surface area contributed by atoms with E-state index < -0.39 is 0 Å². The number of nitrogens with two attached hydrogens (primary N) is 1. The molecule has 2 aromatic rings. The van der Waals surface area contributed by atoms with Crippen LogP contribution in [-0.2, 0) is 0 Å². The average molecular weight is 409 g/mol. The van der Waals surface area contributed by atoms with Crippen LogP contribution in [0.4, 0.5) is 0 Å². The summed E-state index contributed by atoms with van der Waals surface area (Å²) >= 11 is 1.52. The molecule has 1 atom stereocenters. The molecule has 1 unspecified atom stereocenters. The van der Waals surface area contributed by atoms with E-state index >= 15 is 0 Å². The van der Waals surface area contributed by atoms with Crippen molar-refractivity contribution in [2.45, 2.75) is 26.3 Å². The first-order chi connectivity index (χ1) is 12.4. The number of ether oxygens (including phenoxy) is 2. The highest BCUT2D eigenvalue weighted by atomic mass is 35.5. The standard InChI is InChI=1S/C20H24N2O3S.ClH/c1-20(2)12-22(8-7-18(20)21)19(23)17-6-5-16(26-17)13-3-4-14-15(11-13)25-10-9-24-14;/h3-6,11,18H,7-10,12,21H2,1-2H3;1H. The van der Waals surface area contributed by atoms with Crippen molar-refractivity contribution in [1.29, 1.82) is 0 Å². The summed E-state index contributed by atoms with van der Waals surface area (Å²) in [7, 11) is 0. The van der Waals surface area contributed by atoms with Gasteiger partial charge in [0.25, 0.3) is 5.91 Å². The minimum atomic E-state index is -0.0518. The number of likely N-dealkylation sites (tertiary alicyclic amines) is 1. The molecule has 1 aromatic heterocycles. The summed E-state index contributed by atoms with van der Waals surface area (Å²) in [6.07, 6.45) is 0.846. The fourth-order valence-corrected chi connectivity index (χ4v) is 4.48.